The van der Waals surface area contributed by atoms with Gasteiger partial charge in [-0.3, -0.25) is 4.79 Å². The minimum atomic E-state index is -1.07. The number of methoxy groups -OCH3 is 1. The van der Waals surface area contributed by atoms with Gasteiger partial charge in [-0.05, 0) is 33.6 Å². The van der Waals surface area contributed by atoms with Crippen molar-refractivity contribution >= 4 is 12.1 Å². The van der Waals surface area contributed by atoms with Crippen molar-refractivity contribution < 1.29 is 24.2 Å². The van der Waals surface area contributed by atoms with Crippen LogP contribution < -0.4 is 0 Å². The van der Waals surface area contributed by atoms with Crippen LogP contribution >= 0.6 is 0 Å². The van der Waals surface area contributed by atoms with Gasteiger partial charge >= 0.3 is 12.1 Å². The lowest BCUT2D eigenvalue weighted by Gasteiger charge is -2.43. The van der Waals surface area contributed by atoms with E-state index in [-0.39, 0.29) is 6.54 Å². The molecule has 6 heteroatoms. The summed E-state index contributed by atoms with van der Waals surface area (Å²) < 4.78 is 10.1. The third kappa shape index (κ3) is 3.42. The molecular weight excluding hydrogens is 262 g/mol. The van der Waals surface area contributed by atoms with Crippen molar-refractivity contribution in [3.05, 3.63) is 0 Å². The molecule has 1 N–H and O–H groups in total. The highest BCUT2D eigenvalue weighted by Crippen LogP contribution is 2.35. The van der Waals surface area contributed by atoms with Crippen LogP contribution in [0.4, 0.5) is 4.79 Å². The summed E-state index contributed by atoms with van der Waals surface area (Å²) in [7, 11) is 1.29. The average Bonchev–Trinajstić information content (AvgIpc) is 2.36. The number of carbonyl (C=O) groups excluding carboxylic acids is 2. The zero-order valence-corrected chi connectivity index (χ0v) is 12.9. The number of esters is 1. The minimum absolute atomic E-state index is 0.117. The molecule has 1 amide bonds. The molecule has 1 heterocycles. The van der Waals surface area contributed by atoms with Gasteiger partial charge in [0.05, 0.1) is 13.2 Å². The van der Waals surface area contributed by atoms with E-state index in [4.69, 9.17) is 9.47 Å². The fourth-order valence-corrected chi connectivity index (χ4v) is 2.46. The number of nitrogens with zero attached hydrogens (tertiary/aromatic N) is 1. The first-order valence-electron chi connectivity index (χ1n) is 6.90. The van der Waals surface area contributed by atoms with E-state index in [1.54, 1.807) is 27.7 Å². The number of amides is 1. The average molecular weight is 287 g/mol. The summed E-state index contributed by atoms with van der Waals surface area (Å²) >= 11 is 0. The number of ether oxygens (including phenoxy) is 2. The number of hydrogen-bond donors (Lipinski definition) is 1. The van der Waals surface area contributed by atoms with E-state index in [1.165, 1.54) is 12.0 Å². The fourth-order valence-electron chi connectivity index (χ4n) is 2.46. The Morgan fingerprint density at radius 1 is 1.40 bits per heavy atom. The smallest absolute Gasteiger partial charge is 0.410 e. The molecule has 0 bridgehead atoms. The van der Waals surface area contributed by atoms with Gasteiger partial charge in [-0.1, -0.05) is 6.92 Å². The third-order valence-corrected chi connectivity index (χ3v) is 3.66. The SMILES string of the molecule is CCC1(C(=O)OC)CN(C(=O)OC(C)(C)C)CCC1O. The van der Waals surface area contributed by atoms with Crippen LogP contribution in [-0.2, 0) is 14.3 Å². The number of piperidine rings is 1. The lowest BCUT2D eigenvalue weighted by atomic mass is 9.75. The predicted molar refractivity (Wildman–Crippen MR) is 73.2 cm³/mol. The zero-order chi connectivity index (χ0) is 15.6. The molecule has 0 aliphatic carbocycles. The molecule has 1 aliphatic rings. The summed E-state index contributed by atoms with van der Waals surface area (Å²) in [4.78, 5) is 25.6. The number of rotatable bonds is 2. The molecule has 1 fully saturated rings. The lowest BCUT2D eigenvalue weighted by Crippen LogP contribution is -2.57. The number of hydrogen-bond acceptors (Lipinski definition) is 5. The quantitative estimate of drug-likeness (QED) is 0.780. The molecule has 0 aromatic rings. The summed E-state index contributed by atoms with van der Waals surface area (Å²) in [6.07, 6.45) is -0.535. The van der Waals surface area contributed by atoms with E-state index in [0.29, 0.717) is 19.4 Å². The van der Waals surface area contributed by atoms with Crippen molar-refractivity contribution in [3.8, 4) is 0 Å². The van der Waals surface area contributed by atoms with Crippen LogP contribution in [0.2, 0.25) is 0 Å². The Kier molecular flexibility index (Phi) is 5.02. The maximum Gasteiger partial charge on any atom is 0.410 e. The summed E-state index contributed by atoms with van der Waals surface area (Å²) in [5.41, 5.74) is -1.66. The van der Waals surface area contributed by atoms with Gasteiger partial charge in [-0.15, -0.1) is 0 Å². The van der Waals surface area contributed by atoms with Crippen molar-refractivity contribution in [2.24, 2.45) is 5.41 Å². The highest BCUT2D eigenvalue weighted by Gasteiger charge is 2.50. The van der Waals surface area contributed by atoms with Crippen LogP contribution in [0.25, 0.3) is 0 Å². The Labute approximate surface area is 120 Å². The molecule has 0 radical (unpaired) electrons. The molecule has 0 spiro atoms. The van der Waals surface area contributed by atoms with Crippen LogP contribution in [0.15, 0.2) is 0 Å². The zero-order valence-electron chi connectivity index (χ0n) is 12.9. The van der Waals surface area contributed by atoms with Crippen molar-refractivity contribution in [2.75, 3.05) is 20.2 Å². The van der Waals surface area contributed by atoms with E-state index in [2.05, 4.69) is 0 Å². The molecule has 1 rings (SSSR count). The first-order valence-corrected chi connectivity index (χ1v) is 6.90. The van der Waals surface area contributed by atoms with Gasteiger partial charge in [-0.25, -0.2) is 4.79 Å². The standard InChI is InChI=1S/C14H25NO5/c1-6-14(11(17)19-5)9-15(8-7-10(14)16)12(18)20-13(2,3)4/h10,16H,6-9H2,1-5H3. The van der Waals surface area contributed by atoms with Crippen molar-refractivity contribution in [1.29, 1.82) is 0 Å². The molecule has 6 nitrogen and oxygen atoms in total. The monoisotopic (exact) mass is 287 g/mol. The topological polar surface area (TPSA) is 76.1 Å². The Hall–Kier alpha value is -1.30. The molecule has 0 saturated carbocycles. The number of likely N-dealkylation sites (tertiary alicyclic amines) is 1. The Morgan fingerprint density at radius 3 is 2.45 bits per heavy atom. The number of carbonyl (C=O) groups is 2. The van der Waals surface area contributed by atoms with E-state index < -0.39 is 29.2 Å². The second-order valence-corrected chi connectivity index (χ2v) is 6.21. The van der Waals surface area contributed by atoms with Gasteiger partial charge in [0, 0.05) is 13.1 Å². The van der Waals surface area contributed by atoms with Gasteiger partial charge in [0.1, 0.15) is 11.0 Å². The first-order chi connectivity index (χ1) is 9.16. The molecule has 116 valence electrons. The van der Waals surface area contributed by atoms with Gasteiger partial charge < -0.3 is 19.5 Å². The number of aliphatic hydroxyl groups is 1. The van der Waals surface area contributed by atoms with Crippen molar-refractivity contribution in [2.45, 2.75) is 52.2 Å². The molecule has 0 aromatic heterocycles. The Bertz CT molecular complexity index is 376. The lowest BCUT2D eigenvalue weighted by molar-refractivity contribution is -0.166. The molecule has 2 atom stereocenters. The van der Waals surface area contributed by atoms with Crippen LogP contribution in [0.3, 0.4) is 0 Å². The second-order valence-electron chi connectivity index (χ2n) is 6.21. The summed E-state index contributed by atoms with van der Waals surface area (Å²) in [6.45, 7) is 7.66. The molecule has 2 unspecified atom stereocenters. The molecule has 20 heavy (non-hydrogen) atoms. The van der Waals surface area contributed by atoms with Crippen LogP contribution in [0.5, 0.6) is 0 Å². The van der Waals surface area contributed by atoms with E-state index in [1.807, 2.05) is 0 Å². The minimum Gasteiger partial charge on any atom is -0.468 e. The summed E-state index contributed by atoms with van der Waals surface area (Å²) in [6, 6.07) is 0. The van der Waals surface area contributed by atoms with Crippen LogP contribution in [0, 0.1) is 5.41 Å². The molecule has 0 aromatic carbocycles. The normalized spacial score (nSPS) is 27.1. The highest BCUT2D eigenvalue weighted by atomic mass is 16.6. The fraction of sp³-hybridized carbons (Fsp3) is 0.857. The molecular formula is C14H25NO5. The van der Waals surface area contributed by atoms with Crippen molar-refractivity contribution in [3.63, 3.8) is 0 Å². The van der Waals surface area contributed by atoms with Gasteiger partial charge in [0.25, 0.3) is 0 Å². The van der Waals surface area contributed by atoms with Gasteiger partial charge in [-0.2, -0.15) is 0 Å². The van der Waals surface area contributed by atoms with E-state index in [0.717, 1.165) is 0 Å². The number of aliphatic hydroxyl groups excluding tert-OH is 1. The second kappa shape index (κ2) is 5.99. The Balaban J connectivity index is 2.89. The highest BCUT2D eigenvalue weighted by molar-refractivity contribution is 5.79. The van der Waals surface area contributed by atoms with E-state index >= 15 is 0 Å². The summed E-state index contributed by atoms with van der Waals surface area (Å²) in [5.74, 6) is -0.485. The first kappa shape index (κ1) is 16.8. The maximum atomic E-state index is 12.1. The Morgan fingerprint density at radius 2 is 2.00 bits per heavy atom. The summed E-state index contributed by atoms with van der Waals surface area (Å²) in [5, 5.41) is 10.2. The predicted octanol–water partition coefficient (Wildman–Crippen LogP) is 1.56. The van der Waals surface area contributed by atoms with Crippen molar-refractivity contribution in [1.82, 2.24) is 4.90 Å². The van der Waals surface area contributed by atoms with Crippen LogP contribution in [-0.4, -0.2) is 54.0 Å². The van der Waals surface area contributed by atoms with E-state index in [9.17, 15) is 14.7 Å². The maximum absolute atomic E-state index is 12.1. The van der Waals surface area contributed by atoms with Crippen LogP contribution in [0.1, 0.15) is 40.5 Å². The largest absolute Gasteiger partial charge is 0.468 e. The van der Waals surface area contributed by atoms with Gasteiger partial charge in [0.2, 0.25) is 0 Å². The molecule has 1 saturated heterocycles. The van der Waals surface area contributed by atoms with Gasteiger partial charge in [0.15, 0.2) is 0 Å². The third-order valence-electron chi connectivity index (χ3n) is 3.66. The molecule has 1 aliphatic heterocycles.